The van der Waals surface area contributed by atoms with Crippen molar-refractivity contribution in [3.8, 4) is 11.5 Å². The lowest BCUT2D eigenvalue weighted by Gasteiger charge is -2.20. The summed E-state index contributed by atoms with van der Waals surface area (Å²) in [7, 11) is -0.898. The second-order valence-corrected chi connectivity index (χ2v) is 8.27. The summed E-state index contributed by atoms with van der Waals surface area (Å²) in [5, 5.41) is 0.288. The van der Waals surface area contributed by atoms with E-state index >= 15 is 0 Å². The van der Waals surface area contributed by atoms with E-state index in [-0.39, 0.29) is 15.6 Å². The van der Waals surface area contributed by atoms with Crippen molar-refractivity contribution >= 4 is 27.3 Å². The largest absolute Gasteiger partial charge is 0.495 e. The van der Waals surface area contributed by atoms with E-state index in [1.165, 1.54) is 20.3 Å². The van der Waals surface area contributed by atoms with E-state index < -0.39 is 10.0 Å². The Labute approximate surface area is 160 Å². The molecule has 0 aromatic heterocycles. The maximum atomic E-state index is 13.2. The Morgan fingerprint density at radius 3 is 1.73 bits per heavy atom. The Hall–Kier alpha value is -1.92. The molecule has 0 fully saturated rings. The van der Waals surface area contributed by atoms with Gasteiger partial charge in [0.25, 0.3) is 10.0 Å². The minimum absolute atomic E-state index is 0.257. The van der Waals surface area contributed by atoms with Crippen LogP contribution in [0.25, 0.3) is 0 Å². The molecule has 0 unspecified atom stereocenters. The molecular formula is C19H24ClNO4S. The summed E-state index contributed by atoms with van der Waals surface area (Å²) in [6, 6.07) is 3.03. The molecule has 0 heterocycles. The van der Waals surface area contributed by atoms with Gasteiger partial charge in [0.1, 0.15) is 11.5 Å². The van der Waals surface area contributed by atoms with Crippen LogP contribution >= 0.6 is 11.6 Å². The van der Waals surface area contributed by atoms with Gasteiger partial charge in [-0.25, -0.2) is 8.42 Å². The highest BCUT2D eigenvalue weighted by molar-refractivity contribution is 7.92. The van der Waals surface area contributed by atoms with E-state index in [0.29, 0.717) is 11.5 Å². The normalized spacial score (nSPS) is 11.4. The second-order valence-electron chi connectivity index (χ2n) is 6.25. The summed E-state index contributed by atoms with van der Waals surface area (Å²) in [6.45, 7) is 9.51. The van der Waals surface area contributed by atoms with Gasteiger partial charge in [-0.15, -0.1) is 0 Å². The van der Waals surface area contributed by atoms with Crippen LogP contribution in [0.15, 0.2) is 17.0 Å². The van der Waals surface area contributed by atoms with Gasteiger partial charge in [0, 0.05) is 6.07 Å². The van der Waals surface area contributed by atoms with Crippen molar-refractivity contribution in [1.29, 1.82) is 0 Å². The van der Waals surface area contributed by atoms with Crippen LogP contribution in [0.2, 0.25) is 5.02 Å². The lowest BCUT2D eigenvalue weighted by molar-refractivity contribution is 0.396. The number of hydrogen-bond donors (Lipinski definition) is 1. The smallest absolute Gasteiger partial charge is 0.262 e. The second kappa shape index (κ2) is 7.37. The van der Waals surface area contributed by atoms with Gasteiger partial charge < -0.3 is 9.47 Å². The van der Waals surface area contributed by atoms with Gasteiger partial charge in [-0.3, -0.25) is 4.72 Å². The number of benzene rings is 2. The van der Waals surface area contributed by atoms with Gasteiger partial charge >= 0.3 is 0 Å². The molecule has 0 radical (unpaired) electrons. The molecular weight excluding hydrogens is 374 g/mol. The zero-order chi connectivity index (χ0) is 19.8. The fraction of sp³-hybridized carbons (Fsp3) is 0.368. The van der Waals surface area contributed by atoms with Crippen molar-refractivity contribution in [2.24, 2.45) is 0 Å². The molecule has 0 saturated carbocycles. The SMILES string of the molecule is COc1cc(OC)c(NS(=O)(=O)c2c(C)c(C)c(C)c(C)c2C)cc1Cl. The minimum atomic E-state index is -3.83. The highest BCUT2D eigenvalue weighted by atomic mass is 35.5. The van der Waals surface area contributed by atoms with Crippen LogP contribution in [-0.2, 0) is 10.0 Å². The van der Waals surface area contributed by atoms with E-state index in [4.69, 9.17) is 21.1 Å². The van der Waals surface area contributed by atoms with E-state index in [1.54, 1.807) is 6.07 Å². The average molecular weight is 398 g/mol. The zero-order valence-corrected chi connectivity index (χ0v) is 17.6. The Bertz CT molecular complexity index is 939. The maximum absolute atomic E-state index is 13.2. The molecule has 0 saturated heterocycles. The monoisotopic (exact) mass is 397 g/mol. The molecule has 0 atom stereocenters. The van der Waals surface area contributed by atoms with Crippen molar-refractivity contribution in [2.45, 2.75) is 39.5 Å². The highest BCUT2D eigenvalue weighted by Gasteiger charge is 2.25. The van der Waals surface area contributed by atoms with Gasteiger partial charge in [0.15, 0.2) is 0 Å². The van der Waals surface area contributed by atoms with Crippen molar-refractivity contribution in [3.63, 3.8) is 0 Å². The fourth-order valence-corrected chi connectivity index (χ4v) is 4.91. The third-order valence-corrected chi connectivity index (χ3v) is 6.85. The number of sulfonamides is 1. The van der Waals surface area contributed by atoms with Gasteiger partial charge in [-0.1, -0.05) is 11.6 Å². The van der Waals surface area contributed by atoms with Crippen molar-refractivity contribution < 1.29 is 17.9 Å². The predicted molar refractivity (Wildman–Crippen MR) is 105 cm³/mol. The molecule has 2 aromatic carbocycles. The maximum Gasteiger partial charge on any atom is 0.262 e. The van der Waals surface area contributed by atoms with Gasteiger partial charge in [-0.05, 0) is 68.5 Å². The molecule has 26 heavy (non-hydrogen) atoms. The number of methoxy groups -OCH3 is 2. The van der Waals surface area contributed by atoms with Crippen LogP contribution in [0, 0.1) is 34.6 Å². The quantitative estimate of drug-likeness (QED) is 0.794. The molecule has 0 bridgehead atoms. The van der Waals surface area contributed by atoms with Crippen LogP contribution < -0.4 is 14.2 Å². The topological polar surface area (TPSA) is 64.6 Å². The molecule has 2 rings (SSSR count). The Morgan fingerprint density at radius 2 is 1.27 bits per heavy atom. The number of ether oxygens (including phenoxy) is 2. The first-order valence-electron chi connectivity index (χ1n) is 8.06. The summed E-state index contributed by atoms with van der Waals surface area (Å²) >= 11 is 6.15. The summed E-state index contributed by atoms with van der Waals surface area (Å²) < 4.78 is 39.3. The Balaban J connectivity index is 2.64. The molecule has 142 valence electrons. The van der Waals surface area contributed by atoms with E-state index in [9.17, 15) is 8.42 Å². The van der Waals surface area contributed by atoms with Crippen LogP contribution in [0.1, 0.15) is 27.8 Å². The summed E-state index contributed by atoms with van der Waals surface area (Å²) in [6.07, 6.45) is 0. The number of nitrogens with one attached hydrogen (secondary N) is 1. The Kier molecular flexibility index (Phi) is 5.78. The van der Waals surface area contributed by atoms with Gasteiger partial charge in [0.05, 0.1) is 29.8 Å². The average Bonchev–Trinajstić information content (AvgIpc) is 2.58. The molecule has 2 aromatic rings. The van der Waals surface area contributed by atoms with Crippen LogP contribution in [0.5, 0.6) is 11.5 Å². The summed E-state index contributed by atoms with van der Waals surface area (Å²) in [4.78, 5) is 0.284. The molecule has 5 nitrogen and oxygen atoms in total. The summed E-state index contributed by atoms with van der Waals surface area (Å²) in [5.41, 5.74) is 4.76. The molecule has 7 heteroatoms. The Morgan fingerprint density at radius 1 is 0.808 bits per heavy atom. The van der Waals surface area contributed by atoms with E-state index in [2.05, 4.69) is 4.72 Å². The van der Waals surface area contributed by atoms with E-state index in [0.717, 1.165) is 27.8 Å². The number of hydrogen-bond acceptors (Lipinski definition) is 4. The number of rotatable bonds is 5. The first-order chi connectivity index (χ1) is 12.0. The van der Waals surface area contributed by atoms with Crippen LogP contribution in [-0.4, -0.2) is 22.6 Å². The molecule has 0 aliphatic carbocycles. The van der Waals surface area contributed by atoms with Crippen LogP contribution in [0.4, 0.5) is 5.69 Å². The first kappa shape index (κ1) is 20.4. The van der Waals surface area contributed by atoms with Gasteiger partial charge in [-0.2, -0.15) is 0 Å². The van der Waals surface area contributed by atoms with Crippen molar-refractivity contribution in [1.82, 2.24) is 0 Å². The number of anilines is 1. The third kappa shape index (κ3) is 3.48. The van der Waals surface area contributed by atoms with Crippen LogP contribution in [0.3, 0.4) is 0 Å². The fourth-order valence-electron chi connectivity index (χ4n) is 3.00. The molecule has 0 aliphatic rings. The standard InChI is InChI=1S/C19H24ClNO4S/c1-10-11(2)13(4)19(14(5)12(10)3)26(22,23)21-16-8-15(20)17(24-6)9-18(16)25-7/h8-9,21H,1-7H3. The zero-order valence-electron chi connectivity index (χ0n) is 16.1. The molecule has 0 amide bonds. The van der Waals surface area contributed by atoms with E-state index in [1.807, 2.05) is 34.6 Å². The molecule has 1 N–H and O–H groups in total. The number of halogens is 1. The van der Waals surface area contributed by atoms with Crippen molar-refractivity contribution in [2.75, 3.05) is 18.9 Å². The minimum Gasteiger partial charge on any atom is -0.495 e. The highest BCUT2D eigenvalue weighted by Crippen LogP contribution is 2.38. The lowest BCUT2D eigenvalue weighted by Crippen LogP contribution is -2.18. The lowest BCUT2D eigenvalue weighted by atomic mass is 9.95. The predicted octanol–water partition coefficient (Wildman–Crippen LogP) is 4.70. The van der Waals surface area contributed by atoms with Gasteiger partial charge in [0.2, 0.25) is 0 Å². The third-order valence-electron chi connectivity index (χ3n) is 4.92. The van der Waals surface area contributed by atoms with Crippen molar-refractivity contribution in [3.05, 3.63) is 45.0 Å². The molecule has 0 spiro atoms. The summed E-state index contributed by atoms with van der Waals surface area (Å²) in [5.74, 6) is 0.728. The molecule has 0 aliphatic heterocycles. The first-order valence-corrected chi connectivity index (χ1v) is 9.92.